The maximum absolute atomic E-state index is 13.8. The van der Waals surface area contributed by atoms with E-state index in [9.17, 15) is 8.78 Å². The second kappa shape index (κ2) is 5.41. The average Bonchev–Trinajstić information content (AvgIpc) is 2.86. The highest BCUT2D eigenvalue weighted by molar-refractivity contribution is 6.33. The minimum absolute atomic E-state index is 0.0359. The number of rotatable bonds is 3. The molecule has 21 heavy (non-hydrogen) atoms. The van der Waals surface area contributed by atoms with Gasteiger partial charge in [0, 0.05) is 17.7 Å². The van der Waals surface area contributed by atoms with Gasteiger partial charge in [-0.05, 0) is 19.1 Å². The molecule has 0 aliphatic carbocycles. The van der Waals surface area contributed by atoms with Crippen molar-refractivity contribution in [2.75, 3.05) is 12.1 Å². The van der Waals surface area contributed by atoms with Crippen molar-refractivity contribution in [3.05, 3.63) is 52.6 Å². The molecule has 1 aliphatic rings. The van der Waals surface area contributed by atoms with E-state index in [-0.39, 0.29) is 12.4 Å². The molecule has 0 amide bonds. The van der Waals surface area contributed by atoms with E-state index in [0.29, 0.717) is 22.2 Å². The van der Waals surface area contributed by atoms with E-state index in [1.54, 1.807) is 19.1 Å². The Morgan fingerprint density at radius 2 is 1.76 bits per heavy atom. The van der Waals surface area contributed by atoms with Crippen LogP contribution in [0.2, 0.25) is 5.02 Å². The molecule has 0 bridgehead atoms. The molecule has 0 radical (unpaired) electrons. The Morgan fingerprint density at radius 3 is 2.43 bits per heavy atom. The SMILES string of the molecule is CC(Nc1cc2c(cc1Cl)OCO2)c1c(F)cccc1F. The summed E-state index contributed by atoms with van der Waals surface area (Å²) in [7, 11) is 0. The number of hydrogen-bond donors (Lipinski definition) is 1. The molecule has 110 valence electrons. The van der Waals surface area contributed by atoms with Gasteiger partial charge in [-0.15, -0.1) is 0 Å². The molecule has 3 rings (SSSR count). The van der Waals surface area contributed by atoms with E-state index in [4.69, 9.17) is 21.1 Å². The Labute approximate surface area is 125 Å². The number of fused-ring (bicyclic) bond motifs is 1. The Bertz CT molecular complexity index is 673. The number of benzene rings is 2. The fraction of sp³-hybridized carbons (Fsp3) is 0.200. The second-order valence-corrected chi connectivity index (χ2v) is 5.09. The number of halogens is 3. The van der Waals surface area contributed by atoms with Gasteiger partial charge in [-0.3, -0.25) is 0 Å². The van der Waals surface area contributed by atoms with Crippen molar-refractivity contribution < 1.29 is 18.3 Å². The summed E-state index contributed by atoms with van der Waals surface area (Å²) in [5.41, 5.74) is 0.488. The molecule has 0 aromatic heterocycles. The van der Waals surface area contributed by atoms with E-state index < -0.39 is 17.7 Å². The van der Waals surface area contributed by atoms with Crippen molar-refractivity contribution in [2.45, 2.75) is 13.0 Å². The molecule has 3 nitrogen and oxygen atoms in total. The molecule has 0 saturated heterocycles. The van der Waals surface area contributed by atoms with E-state index in [0.717, 1.165) is 0 Å². The first-order chi connectivity index (χ1) is 10.1. The molecule has 2 aromatic rings. The van der Waals surface area contributed by atoms with Crippen LogP contribution in [0, 0.1) is 11.6 Å². The van der Waals surface area contributed by atoms with Crippen LogP contribution in [0.25, 0.3) is 0 Å². The molecule has 6 heteroatoms. The van der Waals surface area contributed by atoms with E-state index >= 15 is 0 Å². The van der Waals surface area contributed by atoms with Crippen LogP contribution >= 0.6 is 11.6 Å². The van der Waals surface area contributed by atoms with Crippen molar-refractivity contribution in [3.8, 4) is 11.5 Å². The van der Waals surface area contributed by atoms with Gasteiger partial charge in [0.1, 0.15) is 11.6 Å². The first kappa shape index (κ1) is 13.9. The van der Waals surface area contributed by atoms with Crippen molar-refractivity contribution in [1.29, 1.82) is 0 Å². The summed E-state index contributed by atoms with van der Waals surface area (Å²) in [6, 6.07) is 6.44. The molecule has 1 unspecified atom stereocenters. The summed E-state index contributed by atoms with van der Waals surface area (Å²) in [6.07, 6.45) is 0. The molecule has 1 aliphatic heterocycles. The fourth-order valence-corrected chi connectivity index (χ4v) is 2.47. The van der Waals surface area contributed by atoms with Crippen molar-refractivity contribution >= 4 is 17.3 Å². The highest BCUT2D eigenvalue weighted by atomic mass is 35.5. The van der Waals surface area contributed by atoms with Gasteiger partial charge in [0.05, 0.1) is 16.8 Å². The Kier molecular flexibility index (Phi) is 3.59. The van der Waals surface area contributed by atoms with Crippen molar-refractivity contribution in [3.63, 3.8) is 0 Å². The highest BCUT2D eigenvalue weighted by Crippen LogP contribution is 2.40. The molecule has 0 saturated carbocycles. The molecule has 1 atom stereocenters. The second-order valence-electron chi connectivity index (χ2n) is 4.69. The Morgan fingerprint density at radius 1 is 1.14 bits per heavy atom. The normalized spacial score (nSPS) is 14.1. The summed E-state index contributed by atoms with van der Waals surface area (Å²) in [5.74, 6) is -0.114. The zero-order valence-electron chi connectivity index (χ0n) is 11.1. The van der Waals surface area contributed by atoms with Crippen LogP contribution in [-0.2, 0) is 0 Å². The lowest BCUT2D eigenvalue weighted by molar-refractivity contribution is 0.174. The van der Waals surface area contributed by atoms with Crippen LogP contribution in [0.5, 0.6) is 11.5 Å². The lowest BCUT2D eigenvalue weighted by Crippen LogP contribution is -2.11. The van der Waals surface area contributed by atoms with Gasteiger partial charge in [-0.25, -0.2) is 8.78 Å². The fourth-order valence-electron chi connectivity index (χ4n) is 2.26. The standard InChI is InChI=1S/C15H12ClF2NO2/c1-8(15-10(17)3-2-4-11(15)18)19-12-6-14-13(5-9(12)16)20-7-21-14/h2-6,8,19H,7H2,1H3. The zero-order valence-corrected chi connectivity index (χ0v) is 11.9. The molecular weight excluding hydrogens is 300 g/mol. The lowest BCUT2D eigenvalue weighted by Gasteiger charge is -2.18. The lowest BCUT2D eigenvalue weighted by atomic mass is 10.1. The van der Waals surface area contributed by atoms with Gasteiger partial charge in [0.15, 0.2) is 11.5 Å². The van der Waals surface area contributed by atoms with Crippen LogP contribution in [0.3, 0.4) is 0 Å². The van der Waals surface area contributed by atoms with Crippen molar-refractivity contribution in [1.82, 2.24) is 0 Å². The summed E-state index contributed by atoms with van der Waals surface area (Å²) >= 11 is 6.13. The minimum Gasteiger partial charge on any atom is -0.454 e. The number of ether oxygens (including phenoxy) is 2. The van der Waals surface area contributed by atoms with Gasteiger partial charge in [-0.1, -0.05) is 17.7 Å². The van der Waals surface area contributed by atoms with E-state index in [2.05, 4.69) is 5.32 Å². The average molecular weight is 312 g/mol. The number of anilines is 1. The first-order valence-corrected chi connectivity index (χ1v) is 6.73. The largest absolute Gasteiger partial charge is 0.454 e. The summed E-state index contributed by atoms with van der Waals surface area (Å²) in [5, 5.41) is 3.38. The summed E-state index contributed by atoms with van der Waals surface area (Å²) in [6.45, 7) is 1.79. The molecular formula is C15H12ClF2NO2. The smallest absolute Gasteiger partial charge is 0.231 e. The predicted molar refractivity (Wildman–Crippen MR) is 76.0 cm³/mol. The number of nitrogens with one attached hydrogen (secondary N) is 1. The van der Waals surface area contributed by atoms with Crippen LogP contribution in [0.15, 0.2) is 30.3 Å². The van der Waals surface area contributed by atoms with Crippen LogP contribution in [0.4, 0.5) is 14.5 Å². The van der Waals surface area contributed by atoms with Crippen LogP contribution < -0.4 is 14.8 Å². The third kappa shape index (κ3) is 2.61. The third-order valence-electron chi connectivity index (χ3n) is 3.27. The summed E-state index contributed by atoms with van der Waals surface area (Å²) < 4.78 is 38.0. The molecule has 2 aromatic carbocycles. The molecule has 1 N–H and O–H groups in total. The van der Waals surface area contributed by atoms with Gasteiger partial charge >= 0.3 is 0 Å². The maximum Gasteiger partial charge on any atom is 0.231 e. The van der Waals surface area contributed by atoms with Gasteiger partial charge in [0.25, 0.3) is 0 Å². The molecule has 0 spiro atoms. The van der Waals surface area contributed by atoms with E-state index in [1.807, 2.05) is 0 Å². The maximum atomic E-state index is 13.8. The topological polar surface area (TPSA) is 30.5 Å². The predicted octanol–water partition coefficient (Wildman–Crippen LogP) is 4.52. The molecule has 0 fully saturated rings. The van der Waals surface area contributed by atoms with Gasteiger partial charge in [-0.2, -0.15) is 0 Å². The van der Waals surface area contributed by atoms with Crippen molar-refractivity contribution in [2.24, 2.45) is 0 Å². The van der Waals surface area contributed by atoms with Crippen LogP contribution in [-0.4, -0.2) is 6.79 Å². The van der Waals surface area contributed by atoms with E-state index in [1.165, 1.54) is 18.2 Å². The van der Waals surface area contributed by atoms with Crippen LogP contribution in [0.1, 0.15) is 18.5 Å². The van der Waals surface area contributed by atoms with Gasteiger partial charge in [0.2, 0.25) is 6.79 Å². The highest BCUT2D eigenvalue weighted by Gasteiger charge is 2.20. The van der Waals surface area contributed by atoms with Gasteiger partial charge < -0.3 is 14.8 Å². The zero-order chi connectivity index (χ0) is 15.0. The Balaban J connectivity index is 1.90. The summed E-state index contributed by atoms with van der Waals surface area (Å²) in [4.78, 5) is 0. The quantitative estimate of drug-likeness (QED) is 0.904. The Hall–Kier alpha value is -2.01. The number of hydrogen-bond acceptors (Lipinski definition) is 3. The third-order valence-corrected chi connectivity index (χ3v) is 3.58. The minimum atomic E-state index is -0.605. The molecule has 1 heterocycles. The monoisotopic (exact) mass is 311 g/mol. The first-order valence-electron chi connectivity index (χ1n) is 6.36.